The van der Waals surface area contributed by atoms with Crippen molar-refractivity contribution in [2.75, 3.05) is 11.9 Å². The van der Waals surface area contributed by atoms with Crippen molar-refractivity contribution in [2.24, 2.45) is 0 Å². The van der Waals surface area contributed by atoms with Gasteiger partial charge in [0.25, 0.3) is 5.91 Å². The molecule has 25 heavy (non-hydrogen) atoms. The highest BCUT2D eigenvalue weighted by molar-refractivity contribution is 5.96. The van der Waals surface area contributed by atoms with Crippen LogP contribution in [0.3, 0.4) is 0 Å². The van der Waals surface area contributed by atoms with Gasteiger partial charge in [-0.15, -0.1) is 0 Å². The second-order valence-electron chi connectivity index (χ2n) is 6.62. The highest BCUT2D eigenvalue weighted by atomic mass is 16.5. The molecule has 2 rings (SSSR count). The van der Waals surface area contributed by atoms with E-state index in [4.69, 9.17) is 4.74 Å². The number of nitrogens with one attached hydrogen (secondary N) is 1. The molecule has 132 valence electrons. The number of ether oxygens (including phenoxy) is 1. The van der Waals surface area contributed by atoms with Crippen molar-refractivity contribution in [3.8, 4) is 0 Å². The SMILES string of the molecule is Cc1ccc(C(=O)OCC(=O)Nc2c(C)cccc2C(C)C)cc1C. The Morgan fingerprint density at radius 3 is 2.36 bits per heavy atom. The molecular formula is C21H25NO3. The quantitative estimate of drug-likeness (QED) is 0.814. The van der Waals surface area contributed by atoms with Gasteiger partial charge in [0, 0.05) is 5.69 Å². The first-order valence-electron chi connectivity index (χ1n) is 8.43. The van der Waals surface area contributed by atoms with Gasteiger partial charge in [-0.2, -0.15) is 0 Å². The van der Waals surface area contributed by atoms with Gasteiger partial charge in [0.1, 0.15) is 0 Å². The lowest BCUT2D eigenvalue weighted by Crippen LogP contribution is -2.22. The predicted molar refractivity (Wildman–Crippen MR) is 100 cm³/mol. The van der Waals surface area contributed by atoms with Crippen LogP contribution in [0.1, 0.15) is 52.4 Å². The van der Waals surface area contributed by atoms with Gasteiger partial charge in [0.15, 0.2) is 6.61 Å². The van der Waals surface area contributed by atoms with Gasteiger partial charge in [0.2, 0.25) is 0 Å². The fraction of sp³-hybridized carbons (Fsp3) is 0.333. The first-order valence-corrected chi connectivity index (χ1v) is 8.43. The number of carbonyl (C=O) groups excluding carboxylic acids is 2. The maximum atomic E-state index is 12.2. The van der Waals surface area contributed by atoms with Gasteiger partial charge >= 0.3 is 5.97 Å². The summed E-state index contributed by atoms with van der Waals surface area (Å²) < 4.78 is 5.15. The normalized spacial score (nSPS) is 10.6. The van der Waals surface area contributed by atoms with Crippen molar-refractivity contribution < 1.29 is 14.3 Å². The summed E-state index contributed by atoms with van der Waals surface area (Å²) in [6, 6.07) is 11.3. The molecule has 2 aromatic rings. The molecule has 0 atom stereocenters. The van der Waals surface area contributed by atoms with Crippen LogP contribution >= 0.6 is 0 Å². The Morgan fingerprint density at radius 2 is 1.72 bits per heavy atom. The van der Waals surface area contributed by atoms with E-state index in [0.717, 1.165) is 27.9 Å². The van der Waals surface area contributed by atoms with E-state index in [1.807, 2.05) is 45.0 Å². The van der Waals surface area contributed by atoms with Crippen molar-refractivity contribution in [1.82, 2.24) is 0 Å². The maximum Gasteiger partial charge on any atom is 0.338 e. The average Bonchev–Trinajstić information content (AvgIpc) is 2.56. The molecule has 0 heterocycles. The van der Waals surface area contributed by atoms with Crippen molar-refractivity contribution in [3.63, 3.8) is 0 Å². The minimum atomic E-state index is -0.493. The summed E-state index contributed by atoms with van der Waals surface area (Å²) in [6.45, 7) is 9.70. The minimum Gasteiger partial charge on any atom is -0.452 e. The van der Waals surface area contributed by atoms with Gasteiger partial charge in [0.05, 0.1) is 5.56 Å². The monoisotopic (exact) mass is 339 g/mol. The van der Waals surface area contributed by atoms with Gasteiger partial charge < -0.3 is 10.1 Å². The Hall–Kier alpha value is -2.62. The lowest BCUT2D eigenvalue weighted by atomic mass is 9.98. The Morgan fingerprint density at radius 1 is 1.00 bits per heavy atom. The number of para-hydroxylation sites is 1. The third-order valence-corrected chi connectivity index (χ3v) is 4.27. The number of rotatable bonds is 5. The molecule has 0 saturated carbocycles. The standard InChI is InChI=1S/C21H25NO3/c1-13(2)18-8-6-7-15(4)20(18)22-19(23)12-25-21(24)17-10-9-14(3)16(5)11-17/h6-11,13H,12H2,1-5H3,(H,22,23). The largest absolute Gasteiger partial charge is 0.452 e. The lowest BCUT2D eigenvalue weighted by Gasteiger charge is -2.16. The highest BCUT2D eigenvalue weighted by Gasteiger charge is 2.14. The first-order chi connectivity index (χ1) is 11.8. The molecule has 0 bridgehead atoms. The zero-order chi connectivity index (χ0) is 18.6. The molecule has 0 spiro atoms. The summed E-state index contributed by atoms with van der Waals surface area (Å²) in [4.78, 5) is 24.3. The third-order valence-electron chi connectivity index (χ3n) is 4.27. The van der Waals surface area contributed by atoms with E-state index < -0.39 is 5.97 Å². The number of anilines is 1. The first kappa shape index (κ1) is 18.7. The van der Waals surface area contributed by atoms with E-state index in [9.17, 15) is 9.59 Å². The minimum absolute atomic E-state index is 0.285. The fourth-order valence-corrected chi connectivity index (χ4v) is 2.60. The van der Waals surface area contributed by atoms with E-state index in [1.165, 1.54) is 0 Å². The number of aryl methyl sites for hydroxylation is 3. The Bertz CT molecular complexity index is 794. The summed E-state index contributed by atoms with van der Waals surface area (Å²) in [5.74, 6) is -0.547. The van der Waals surface area contributed by atoms with Gasteiger partial charge in [-0.1, -0.05) is 38.1 Å². The molecule has 0 aliphatic rings. The fourth-order valence-electron chi connectivity index (χ4n) is 2.60. The molecule has 0 saturated heterocycles. The van der Waals surface area contributed by atoms with Crippen molar-refractivity contribution in [2.45, 2.75) is 40.5 Å². The van der Waals surface area contributed by atoms with Gasteiger partial charge in [-0.25, -0.2) is 4.79 Å². The van der Waals surface area contributed by atoms with Crippen LogP contribution in [-0.4, -0.2) is 18.5 Å². The van der Waals surface area contributed by atoms with Crippen molar-refractivity contribution >= 4 is 17.6 Å². The summed E-state index contributed by atoms with van der Waals surface area (Å²) in [7, 11) is 0. The van der Waals surface area contributed by atoms with Crippen LogP contribution in [0.5, 0.6) is 0 Å². The van der Waals surface area contributed by atoms with Crippen LogP contribution in [0, 0.1) is 20.8 Å². The number of benzene rings is 2. The third kappa shape index (κ3) is 4.69. The van der Waals surface area contributed by atoms with E-state index in [2.05, 4.69) is 19.2 Å². The van der Waals surface area contributed by atoms with Crippen LogP contribution in [0.4, 0.5) is 5.69 Å². The Kier molecular flexibility index (Phi) is 5.97. The molecule has 0 aromatic heterocycles. The number of esters is 1. The van der Waals surface area contributed by atoms with Crippen LogP contribution in [0.15, 0.2) is 36.4 Å². The molecule has 0 aliphatic heterocycles. The topological polar surface area (TPSA) is 55.4 Å². The predicted octanol–water partition coefficient (Wildman–Crippen LogP) is 4.53. The summed E-state index contributed by atoms with van der Waals surface area (Å²) >= 11 is 0. The van der Waals surface area contributed by atoms with Crippen molar-refractivity contribution in [3.05, 3.63) is 64.2 Å². The molecular weight excluding hydrogens is 314 g/mol. The molecule has 0 radical (unpaired) electrons. The van der Waals surface area contributed by atoms with Gasteiger partial charge in [-0.05, 0) is 61.1 Å². The number of hydrogen-bond donors (Lipinski definition) is 1. The zero-order valence-electron chi connectivity index (χ0n) is 15.5. The highest BCUT2D eigenvalue weighted by Crippen LogP contribution is 2.27. The van der Waals surface area contributed by atoms with E-state index in [0.29, 0.717) is 5.56 Å². The van der Waals surface area contributed by atoms with Crippen LogP contribution < -0.4 is 5.32 Å². The molecule has 2 aromatic carbocycles. The molecule has 4 nitrogen and oxygen atoms in total. The van der Waals surface area contributed by atoms with Gasteiger partial charge in [-0.3, -0.25) is 4.79 Å². The molecule has 0 fully saturated rings. The second kappa shape index (κ2) is 7.97. The Balaban J connectivity index is 2.02. The zero-order valence-corrected chi connectivity index (χ0v) is 15.5. The summed E-state index contributed by atoms with van der Waals surface area (Å²) in [5.41, 5.74) is 5.42. The molecule has 1 N–H and O–H groups in total. The smallest absolute Gasteiger partial charge is 0.338 e. The Labute approximate surface area is 149 Å². The molecule has 0 aliphatic carbocycles. The average molecular weight is 339 g/mol. The molecule has 1 amide bonds. The summed E-state index contributed by atoms with van der Waals surface area (Å²) in [5, 5.41) is 2.87. The number of carbonyl (C=O) groups is 2. The van der Waals surface area contributed by atoms with E-state index in [-0.39, 0.29) is 18.4 Å². The van der Waals surface area contributed by atoms with Crippen LogP contribution in [-0.2, 0) is 9.53 Å². The van der Waals surface area contributed by atoms with Crippen LogP contribution in [0.25, 0.3) is 0 Å². The van der Waals surface area contributed by atoms with Crippen LogP contribution in [0.2, 0.25) is 0 Å². The molecule has 0 unspecified atom stereocenters. The van der Waals surface area contributed by atoms with Crippen molar-refractivity contribution in [1.29, 1.82) is 0 Å². The van der Waals surface area contributed by atoms with E-state index in [1.54, 1.807) is 12.1 Å². The maximum absolute atomic E-state index is 12.2. The number of hydrogen-bond acceptors (Lipinski definition) is 3. The van der Waals surface area contributed by atoms with E-state index >= 15 is 0 Å². The lowest BCUT2D eigenvalue weighted by molar-refractivity contribution is -0.119. The summed E-state index contributed by atoms with van der Waals surface area (Å²) in [6.07, 6.45) is 0. The number of amides is 1. The second-order valence-corrected chi connectivity index (χ2v) is 6.62. The molecule has 4 heteroatoms.